The molecule has 1 spiro atoms. The highest BCUT2D eigenvalue weighted by Gasteiger charge is 2.73. The van der Waals surface area contributed by atoms with E-state index in [1.807, 2.05) is 43.4 Å². The second-order valence-corrected chi connectivity index (χ2v) is 7.08. The van der Waals surface area contributed by atoms with Gasteiger partial charge in [-0.2, -0.15) is 0 Å². The monoisotopic (exact) mass is 328 g/mol. The predicted octanol–water partition coefficient (Wildman–Crippen LogP) is 0.201. The van der Waals surface area contributed by atoms with E-state index in [1.54, 1.807) is 0 Å². The highest BCUT2D eigenvalue weighted by atomic mass is 16.2. The number of hydrogen-bond donors (Lipinski definition) is 2. The lowest BCUT2D eigenvalue weighted by molar-refractivity contribution is -0.730. The molecular formula is C18H22N3O3+. The molecule has 0 aromatic heterocycles. The van der Waals surface area contributed by atoms with E-state index < -0.39 is 17.4 Å². The molecule has 4 rings (SSSR count). The van der Waals surface area contributed by atoms with Crippen LogP contribution in [0.1, 0.15) is 32.3 Å². The summed E-state index contributed by atoms with van der Waals surface area (Å²) >= 11 is 0. The molecule has 3 heterocycles. The van der Waals surface area contributed by atoms with E-state index in [2.05, 4.69) is 5.32 Å². The lowest BCUT2D eigenvalue weighted by Crippen LogP contribution is -2.98. The number of para-hydroxylation sites is 1. The number of nitrogens with zero attached hydrogens (tertiary/aromatic N) is 1. The number of likely N-dealkylation sites (tertiary alicyclic amines) is 1. The third-order valence-corrected chi connectivity index (χ3v) is 5.76. The average molecular weight is 328 g/mol. The van der Waals surface area contributed by atoms with Gasteiger partial charge in [-0.1, -0.05) is 31.5 Å². The topological polar surface area (TPSA) is 83.1 Å². The number of carbonyl (C=O) groups is 3. The Labute approximate surface area is 140 Å². The maximum Gasteiger partial charge on any atom is 0.291 e. The normalized spacial score (nSPS) is 34.0. The molecule has 1 aromatic carbocycles. The van der Waals surface area contributed by atoms with Crippen molar-refractivity contribution in [2.75, 3.05) is 11.9 Å². The Kier molecular flexibility index (Phi) is 3.28. The zero-order chi connectivity index (χ0) is 17.1. The SMILES string of the molecule is CCCCN1C(=O)[C@H]2[C@@H](C1=O)[C@@]1([NH2+][C@@H]2C)C(=O)Nc2ccccc21. The minimum absolute atomic E-state index is 0.102. The van der Waals surface area contributed by atoms with Gasteiger partial charge in [-0.25, -0.2) is 0 Å². The van der Waals surface area contributed by atoms with Crippen LogP contribution >= 0.6 is 0 Å². The summed E-state index contributed by atoms with van der Waals surface area (Å²) in [5.74, 6) is -1.52. The van der Waals surface area contributed by atoms with Crippen molar-refractivity contribution in [2.45, 2.75) is 38.3 Å². The maximum atomic E-state index is 13.1. The Balaban J connectivity index is 1.82. The summed E-state index contributed by atoms with van der Waals surface area (Å²) in [5.41, 5.74) is 0.570. The van der Waals surface area contributed by atoms with Gasteiger partial charge in [0.05, 0.1) is 11.7 Å². The van der Waals surface area contributed by atoms with Gasteiger partial charge in [0, 0.05) is 12.1 Å². The molecular weight excluding hydrogens is 306 g/mol. The minimum Gasteiger partial charge on any atom is -0.326 e. The highest BCUT2D eigenvalue weighted by molar-refractivity contribution is 6.13. The summed E-state index contributed by atoms with van der Waals surface area (Å²) in [4.78, 5) is 40.2. The van der Waals surface area contributed by atoms with Crippen LogP contribution in [-0.2, 0) is 19.9 Å². The molecule has 6 nitrogen and oxygen atoms in total. The van der Waals surface area contributed by atoms with Gasteiger partial charge in [0.1, 0.15) is 11.8 Å². The number of hydrogen-bond acceptors (Lipinski definition) is 3. The van der Waals surface area contributed by atoms with E-state index in [-0.39, 0.29) is 23.8 Å². The predicted molar refractivity (Wildman–Crippen MR) is 86.7 cm³/mol. The standard InChI is InChI=1S/C18H21N3O3/c1-3-4-9-21-15(22)13-10(2)20-18(14(13)16(21)23)11-7-5-6-8-12(11)19-17(18)24/h5-8,10,13-14,20H,3-4,9H2,1-2H3,(H,19,24)/p+1/t10-,13-,14+,18-/m1/s1. The summed E-state index contributed by atoms with van der Waals surface area (Å²) in [6.45, 7) is 4.42. The number of nitrogens with one attached hydrogen (secondary N) is 1. The fourth-order valence-corrected chi connectivity index (χ4v) is 4.69. The van der Waals surface area contributed by atoms with E-state index in [1.165, 1.54) is 4.90 Å². The van der Waals surface area contributed by atoms with E-state index in [4.69, 9.17) is 0 Å². The van der Waals surface area contributed by atoms with Crippen LogP contribution in [0.2, 0.25) is 0 Å². The first kappa shape index (κ1) is 15.3. The number of imide groups is 1. The molecule has 0 unspecified atom stereocenters. The Morgan fingerprint density at radius 2 is 1.96 bits per heavy atom. The zero-order valence-corrected chi connectivity index (χ0v) is 13.9. The third kappa shape index (κ3) is 1.72. The lowest BCUT2D eigenvalue weighted by atomic mass is 9.76. The quantitative estimate of drug-likeness (QED) is 0.778. The second kappa shape index (κ2) is 5.14. The van der Waals surface area contributed by atoms with Gasteiger partial charge in [-0.05, 0) is 19.4 Å². The Hall–Kier alpha value is -2.21. The molecule has 0 aliphatic carbocycles. The molecule has 24 heavy (non-hydrogen) atoms. The van der Waals surface area contributed by atoms with Crippen molar-refractivity contribution in [2.24, 2.45) is 11.8 Å². The Morgan fingerprint density at radius 3 is 2.71 bits per heavy atom. The van der Waals surface area contributed by atoms with Crippen molar-refractivity contribution in [3.05, 3.63) is 29.8 Å². The number of quaternary nitrogens is 1. The van der Waals surface area contributed by atoms with Crippen LogP contribution in [0.3, 0.4) is 0 Å². The molecule has 6 heteroatoms. The summed E-state index contributed by atoms with van der Waals surface area (Å²) in [7, 11) is 0. The molecule has 2 saturated heterocycles. The van der Waals surface area contributed by atoms with Crippen molar-refractivity contribution in [3.8, 4) is 0 Å². The molecule has 0 bridgehead atoms. The fraction of sp³-hybridized carbons (Fsp3) is 0.500. The molecule has 1 aromatic rings. The molecule has 2 fully saturated rings. The molecule has 3 amide bonds. The van der Waals surface area contributed by atoms with Gasteiger partial charge in [-0.15, -0.1) is 0 Å². The number of fused-ring (bicyclic) bond motifs is 4. The second-order valence-electron chi connectivity index (χ2n) is 7.08. The number of nitrogens with two attached hydrogens (primary N) is 1. The largest absolute Gasteiger partial charge is 0.326 e. The molecule has 4 atom stereocenters. The number of rotatable bonds is 3. The summed E-state index contributed by atoms with van der Waals surface area (Å²) in [6, 6.07) is 7.39. The number of amides is 3. The van der Waals surface area contributed by atoms with E-state index in [0.717, 1.165) is 24.1 Å². The zero-order valence-electron chi connectivity index (χ0n) is 13.9. The van der Waals surface area contributed by atoms with Crippen molar-refractivity contribution < 1.29 is 19.7 Å². The number of benzene rings is 1. The number of anilines is 1. The summed E-state index contributed by atoms with van der Waals surface area (Å²) < 4.78 is 0. The Bertz CT molecular complexity index is 747. The van der Waals surface area contributed by atoms with Crippen LogP contribution < -0.4 is 10.6 Å². The van der Waals surface area contributed by atoms with E-state index in [0.29, 0.717) is 6.54 Å². The molecule has 126 valence electrons. The first-order valence-corrected chi connectivity index (χ1v) is 8.64. The van der Waals surface area contributed by atoms with Gasteiger partial charge >= 0.3 is 0 Å². The van der Waals surface area contributed by atoms with Gasteiger partial charge in [-0.3, -0.25) is 19.3 Å². The van der Waals surface area contributed by atoms with Crippen LogP contribution in [0.15, 0.2) is 24.3 Å². The van der Waals surface area contributed by atoms with Gasteiger partial charge in [0.2, 0.25) is 17.4 Å². The number of unbranched alkanes of at least 4 members (excludes halogenated alkanes) is 1. The lowest BCUT2D eigenvalue weighted by Gasteiger charge is -2.25. The third-order valence-electron chi connectivity index (χ3n) is 5.76. The van der Waals surface area contributed by atoms with Gasteiger partial charge in [0.15, 0.2) is 0 Å². The average Bonchev–Trinajstić information content (AvgIpc) is 3.12. The van der Waals surface area contributed by atoms with Crippen molar-refractivity contribution in [1.29, 1.82) is 0 Å². The number of carbonyl (C=O) groups excluding carboxylic acids is 3. The van der Waals surface area contributed by atoms with Crippen LogP contribution in [-0.4, -0.2) is 35.2 Å². The van der Waals surface area contributed by atoms with Crippen LogP contribution in [0, 0.1) is 11.8 Å². The van der Waals surface area contributed by atoms with E-state index in [9.17, 15) is 14.4 Å². The molecule has 3 aliphatic heterocycles. The van der Waals surface area contributed by atoms with Crippen molar-refractivity contribution in [3.63, 3.8) is 0 Å². The molecule has 0 radical (unpaired) electrons. The van der Waals surface area contributed by atoms with Crippen molar-refractivity contribution in [1.82, 2.24) is 4.90 Å². The Morgan fingerprint density at radius 1 is 1.21 bits per heavy atom. The highest BCUT2D eigenvalue weighted by Crippen LogP contribution is 2.48. The summed E-state index contributed by atoms with van der Waals surface area (Å²) in [5, 5.41) is 4.83. The van der Waals surface area contributed by atoms with Crippen molar-refractivity contribution >= 4 is 23.4 Å². The maximum absolute atomic E-state index is 13.1. The first-order chi connectivity index (χ1) is 11.5. The fourth-order valence-electron chi connectivity index (χ4n) is 4.69. The van der Waals surface area contributed by atoms with Crippen LogP contribution in [0.25, 0.3) is 0 Å². The van der Waals surface area contributed by atoms with Gasteiger partial charge < -0.3 is 10.6 Å². The van der Waals surface area contributed by atoms with Gasteiger partial charge in [0.25, 0.3) is 5.91 Å². The van der Waals surface area contributed by atoms with Crippen LogP contribution in [0.5, 0.6) is 0 Å². The molecule has 3 aliphatic rings. The van der Waals surface area contributed by atoms with Crippen LogP contribution in [0.4, 0.5) is 5.69 Å². The first-order valence-electron chi connectivity index (χ1n) is 8.64. The minimum atomic E-state index is -1.01. The molecule has 0 saturated carbocycles. The smallest absolute Gasteiger partial charge is 0.291 e. The van der Waals surface area contributed by atoms with E-state index >= 15 is 0 Å². The summed E-state index contributed by atoms with van der Waals surface area (Å²) in [6.07, 6.45) is 1.72. The molecule has 3 N–H and O–H groups in total.